The summed E-state index contributed by atoms with van der Waals surface area (Å²) in [6.45, 7) is 6.02. The van der Waals surface area contributed by atoms with Gasteiger partial charge in [-0.15, -0.1) is 5.10 Å². The van der Waals surface area contributed by atoms with Crippen LogP contribution in [0.2, 0.25) is 0 Å². The molecule has 1 aliphatic rings. The minimum Gasteiger partial charge on any atom is -0.375 e. The lowest BCUT2D eigenvalue weighted by Gasteiger charge is -2.32. The molecule has 0 aliphatic carbocycles. The number of thioether (sulfide) groups is 1. The Labute approximate surface area is 145 Å². The molecule has 1 amide bonds. The number of amides is 1. The van der Waals surface area contributed by atoms with Gasteiger partial charge in [0.2, 0.25) is 11.1 Å². The first-order valence-corrected chi connectivity index (χ1v) is 9.03. The Kier molecular flexibility index (Phi) is 5.47. The first-order chi connectivity index (χ1) is 11.7. The number of benzene rings is 1. The summed E-state index contributed by atoms with van der Waals surface area (Å²) in [6, 6.07) is 7.94. The van der Waals surface area contributed by atoms with E-state index in [1.165, 1.54) is 11.8 Å². The fourth-order valence-electron chi connectivity index (χ4n) is 2.60. The van der Waals surface area contributed by atoms with Gasteiger partial charge in [-0.3, -0.25) is 4.79 Å². The summed E-state index contributed by atoms with van der Waals surface area (Å²) in [7, 11) is 0. The molecule has 1 aliphatic heterocycles. The topological polar surface area (TPSA) is 73.1 Å². The van der Waals surface area contributed by atoms with Crippen molar-refractivity contribution in [1.82, 2.24) is 25.1 Å². The number of nitrogens with zero attached hydrogens (tertiary/aromatic N) is 5. The van der Waals surface area contributed by atoms with Crippen LogP contribution < -0.4 is 0 Å². The minimum atomic E-state index is 0.0977. The third-order valence-electron chi connectivity index (χ3n) is 3.96. The van der Waals surface area contributed by atoms with Gasteiger partial charge < -0.3 is 9.64 Å². The molecule has 0 bridgehead atoms. The molecule has 1 saturated heterocycles. The van der Waals surface area contributed by atoms with Crippen LogP contribution in [0, 0.1) is 6.92 Å². The van der Waals surface area contributed by atoms with Crippen LogP contribution in [0.25, 0.3) is 5.69 Å². The molecular weight excluding hydrogens is 326 g/mol. The van der Waals surface area contributed by atoms with E-state index in [1.54, 1.807) is 4.68 Å². The van der Waals surface area contributed by atoms with Gasteiger partial charge in [0.25, 0.3) is 0 Å². The highest BCUT2D eigenvalue weighted by Gasteiger charge is 2.23. The molecule has 128 valence electrons. The summed E-state index contributed by atoms with van der Waals surface area (Å²) in [6.07, 6.45) is 1.06. The standard InChI is InChI=1S/C16H21N5O2S/c1-3-14-10-20(7-8-23-14)15(22)11-24-16-17-18-19-21(16)13-6-4-5-12(2)9-13/h4-6,9,14H,3,7-8,10-11H2,1-2H3/t14-/m1/s1. The second-order valence-corrected chi connectivity index (χ2v) is 6.68. The van der Waals surface area contributed by atoms with Crippen LogP contribution in [0.4, 0.5) is 0 Å². The molecule has 0 radical (unpaired) electrons. The molecule has 1 fully saturated rings. The van der Waals surface area contributed by atoms with Crippen LogP contribution >= 0.6 is 11.8 Å². The van der Waals surface area contributed by atoms with Gasteiger partial charge in [0.1, 0.15) is 0 Å². The van der Waals surface area contributed by atoms with Crippen LogP contribution in [-0.2, 0) is 9.53 Å². The SMILES string of the molecule is CC[C@@H]1CN(C(=O)CSc2nnnn2-c2cccc(C)c2)CCO1. The number of morpholine rings is 1. The number of hydrogen-bond donors (Lipinski definition) is 0. The Bertz CT molecular complexity index is 705. The molecule has 24 heavy (non-hydrogen) atoms. The van der Waals surface area contributed by atoms with Crippen molar-refractivity contribution in [1.29, 1.82) is 0 Å². The van der Waals surface area contributed by atoms with Gasteiger partial charge in [-0.05, 0) is 41.5 Å². The van der Waals surface area contributed by atoms with Crippen molar-refractivity contribution >= 4 is 17.7 Å². The summed E-state index contributed by atoms with van der Waals surface area (Å²) >= 11 is 1.36. The molecule has 1 aromatic carbocycles. The van der Waals surface area contributed by atoms with E-state index in [-0.39, 0.29) is 12.0 Å². The van der Waals surface area contributed by atoms with Crippen LogP contribution in [0.3, 0.4) is 0 Å². The fourth-order valence-corrected chi connectivity index (χ4v) is 3.39. The lowest BCUT2D eigenvalue weighted by Crippen LogP contribution is -2.46. The van der Waals surface area contributed by atoms with E-state index in [9.17, 15) is 4.79 Å². The van der Waals surface area contributed by atoms with E-state index < -0.39 is 0 Å². The monoisotopic (exact) mass is 347 g/mol. The first kappa shape index (κ1) is 16.9. The number of carbonyl (C=O) groups excluding carboxylic acids is 1. The van der Waals surface area contributed by atoms with E-state index >= 15 is 0 Å². The van der Waals surface area contributed by atoms with Crippen molar-refractivity contribution in [3.63, 3.8) is 0 Å². The molecule has 0 unspecified atom stereocenters. The summed E-state index contributed by atoms with van der Waals surface area (Å²) in [5.74, 6) is 0.420. The van der Waals surface area contributed by atoms with E-state index in [0.717, 1.165) is 17.7 Å². The lowest BCUT2D eigenvalue weighted by molar-refractivity contribution is -0.135. The zero-order valence-corrected chi connectivity index (χ0v) is 14.7. The third kappa shape index (κ3) is 3.93. The number of tetrazole rings is 1. The Morgan fingerprint density at radius 2 is 2.33 bits per heavy atom. The van der Waals surface area contributed by atoms with Crippen LogP contribution in [0.15, 0.2) is 29.4 Å². The van der Waals surface area contributed by atoms with Crippen LogP contribution in [0.1, 0.15) is 18.9 Å². The molecule has 1 atom stereocenters. The number of aryl methyl sites for hydroxylation is 1. The first-order valence-electron chi connectivity index (χ1n) is 8.05. The lowest BCUT2D eigenvalue weighted by atomic mass is 10.2. The highest BCUT2D eigenvalue weighted by atomic mass is 32.2. The van der Waals surface area contributed by atoms with Crippen molar-refractivity contribution in [2.75, 3.05) is 25.4 Å². The van der Waals surface area contributed by atoms with Gasteiger partial charge in [-0.2, -0.15) is 4.68 Å². The number of ether oxygens (including phenoxy) is 1. The zero-order valence-electron chi connectivity index (χ0n) is 13.9. The van der Waals surface area contributed by atoms with Gasteiger partial charge in [0.15, 0.2) is 0 Å². The molecule has 7 nitrogen and oxygen atoms in total. The molecule has 3 rings (SSSR count). The molecule has 1 aromatic heterocycles. The molecule has 8 heteroatoms. The van der Waals surface area contributed by atoms with Gasteiger partial charge >= 0.3 is 0 Å². The highest BCUT2D eigenvalue weighted by Crippen LogP contribution is 2.20. The molecular formula is C16H21N5O2S. The maximum absolute atomic E-state index is 12.4. The normalized spacial score (nSPS) is 17.9. The van der Waals surface area contributed by atoms with Gasteiger partial charge in [0, 0.05) is 13.1 Å². The summed E-state index contributed by atoms with van der Waals surface area (Å²) in [5.41, 5.74) is 2.03. The van der Waals surface area contributed by atoms with E-state index in [4.69, 9.17) is 4.74 Å². The third-order valence-corrected chi connectivity index (χ3v) is 4.86. The van der Waals surface area contributed by atoms with E-state index in [2.05, 4.69) is 22.4 Å². The van der Waals surface area contributed by atoms with Gasteiger partial charge in [-0.25, -0.2) is 0 Å². The molecule has 0 saturated carbocycles. The van der Waals surface area contributed by atoms with Crippen molar-refractivity contribution < 1.29 is 9.53 Å². The predicted octanol–water partition coefficient (Wildman–Crippen LogP) is 1.70. The van der Waals surface area contributed by atoms with Crippen molar-refractivity contribution in [2.24, 2.45) is 0 Å². The summed E-state index contributed by atoms with van der Waals surface area (Å²) < 4.78 is 7.27. The van der Waals surface area contributed by atoms with Crippen molar-refractivity contribution in [2.45, 2.75) is 31.5 Å². The van der Waals surface area contributed by atoms with E-state index in [0.29, 0.717) is 30.6 Å². The maximum Gasteiger partial charge on any atom is 0.233 e. The maximum atomic E-state index is 12.4. The average Bonchev–Trinajstić information content (AvgIpc) is 3.08. The Morgan fingerprint density at radius 1 is 1.46 bits per heavy atom. The zero-order chi connectivity index (χ0) is 16.9. The van der Waals surface area contributed by atoms with Gasteiger partial charge in [-0.1, -0.05) is 30.8 Å². The number of aromatic nitrogens is 4. The fraction of sp³-hybridized carbons (Fsp3) is 0.500. The Hall–Kier alpha value is -1.93. The summed E-state index contributed by atoms with van der Waals surface area (Å²) in [4.78, 5) is 14.3. The smallest absolute Gasteiger partial charge is 0.233 e. The quantitative estimate of drug-likeness (QED) is 0.767. The largest absolute Gasteiger partial charge is 0.375 e. The number of hydrogen-bond acceptors (Lipinski definition) is 6. The molecule has 0 spiro atoms. The van der Waals surface area contributed by atoms with Crippen molar-refractivity contribution in [3.8, 4) is 5.69 Å². The second kappa shape index (κ2) is 7.76. The van der Waals surface area contributed by atoms with Gasteiger partial charge in [0.05, 0.1) is 24.2 Å². The molecule has 2 heterocycles. The van der Waals surface area contributed by atoms with Crippen LogP contribution in [0.5, 0.6) is 0 Å². The minimum absolute atomic E-state index is 0.0977. The Balaban J connectivity index is 1.63. The average molecular weight is 347 g/mol. The number of rotatable bonds is 5. The van der Waals surface area contributed by atoms with Crippen molar-refractivity contribution in [3.05, 3.63) is 29.8 Å². The number of carbonyl (C=O) groups is 1. The van der Waals surface area contributed by atoms with E-state index in [1.807, 2.05) is 36.1 Å². The second-order valence-electron chi connectivity index (χ2n) is 5.74. The Morgan fingerprint density at radius 3 is 3.12 bits per heavy atom. The predicted molar refractivity (Wildman–Crippen MR) is 91.2 cm³/mol. The molecule has 0 N–H and O–H groups in total. The molecule has 2 aromatic rings. The van der Waals surface area contributed by atoms with Crippen LogP contribution in [-0.4, -0.2) is 62.6 Å². The summed E-state index contributed by atoms with van der Waals surface area (Å²) in [5, 5.41) is 12.4. The highest BCUT2D eigenvalue weighted by molar-refractivity contribution is 7.99.